The van der Waals surface area contributed by atoms with Crippen molar-refractivity contribution in [2.24, 2.45) is 20.5 Å². The van der Waals surface area contributed by atoms with Crippen molar-refractivity contribution in [3.05, 3.63) is 78.4 Å². The Morgan fingerprint density at radius 3 is 1.69 bits per heavy atom. The van der Waals surface area contributed by atoms with Crippen molar-refractivity contribution in [2.45, 2.75) is 32.9 Å². The lowest BCUT2D eigenvalue weighted by Crippen LogP contribution is -2.06. The predicted molar refractivity (Wildman–Crippen MR) is 171 cm³/mol. The largest absolute Gasteiger partial charge is 0.744 e. The molecule has 0 atom stereocenters. The van der Waals surface area contributed by atoms with Gasteiger partial charge < -0.3 is 23.3 Å². The number of benzene rings is 5. The van der Waals surface area contributed by atoms with E-state index in [1.807, 2.05) is 0 Å². The Morgan fingerprint density at radius 1 is 0.588 bits per heavy atom. The number of azo groups is 2. The molecular weight excluding hydrogens is 757 g/mol. The van der Waals surface area contributed by atoms with E-state index in [1.165, 1.54) is 18.2 Å². The quantitative estimate of drug-likeness (QED) is 0.153. The van der Waals surface area contributed by atoms with Crippen LogP contribution in [0.25, 0.3) is 21.5 Å². The molecule has 0 heterocycles. The van der Waals surface area contributed by atoms with Gasteiger partial charge in [0.05, 0.1) is 36.6 Å². The van der Waals surface area contributed by atoms with E-state index in [0.29, 0.717) is 6.07 Å². The van der Waals surface area contributed by atoms with E-state index in [4.69, 9.17) is 0 Å². The van der Waals surface area contributed by atoms with Gasteiger partial charge in [-0.2, -0.15) is 5.11 Å². The van der Waals surface area contributed by atoms with Gasteiger partial charge in [-0.15, -0.1) is 15.3 Å². The zero-order chi connectivity index (χ0) is 37.7. The van der Waals surface area contributed by atoms with Crippen LogP contribution in [0, 0.1) is 0 Å². The summed E-state index contributed by atoms with van der Waals surface area (Å²) in [5, 5.41) is 25.6. The number of aromatic hydroxyl groups is 1. The van der Waals surface area contributed by atoms with Crippen LogP contribution in [0.5, 0.6) is 5.75 Å². The molecule has 0 spiro atoms. The van der Waals surface area contributed by atoms with Crippen molar-refractivity contribution in [1.82, 2.24) is 0 Å². The molecule has 0 aliphatic carbocycles. The number of carbonyl (C=O) groups is 1. The number of Topliss-reactive ketones (excluding diaryl/α,β-unsaturated/α-hetero) is 1. The Morgan fingerprint density at radius 2 is 1.14 bits per heavy atom. The Hall–Kier alpha value is -5.07. The van der Waals surface area contributed by atoms with E-state index in [2.05, 4.69) is 20.5 Å². The number of ketones is 1. The third-order valence-electron chi connectivity index (χ3n) is 7.13. The van der Waals surface area contributed by atoms with E-state index in [0.717, 1.165) is 55.5 Å². The summed E-state index contributed by atoms with van der Waals surface area (Å²) in [5.41, 5.74) is -1.27. The number of phenolic OH excluding ortho intramolecular Hbond substituents is 1. The molecule has 0 aliphatic heterocycles. The van der Waals surface area contributed by atoms with Crippen LogP contribution in [0.3, 0.4) is 0 Å². The molecule has 0 aromatic heterocycles. The highest BCUT2D eigenvalue weighted by Gasteiger charge is 2.23. The van der Waals surface area contributed by atoms with E-state index in [9.17, 15) is 61.8 Å². The van der Waals surface area contributed by atoms with Crippen molar-refractivity contribution >= 4 is 90.6 Å². The highest BCUT2D eigenvalue weighted by molar-refractivity contribution is 7.86. The SMILES string of the molecule is CC(=O)Cc1ccc(S(=O)(=O)[O-])c2cc(S(=O)(=O)[O-])c(N=Nc3ccc(N=Nc4ccc(S(=O)(=O)[O-])cc4)c4ccc(S(=O)(=O)[O-])cc34)c(O)c12. The average molecular weight is 775 g/mol. The third-order valence-corrected chi connectivity index (χ3v) is 10.6. The molecule has 0 aliphatic rings. The van der Waals surface area contributed by atoms with Gasteiger partial charge in [-0.25, -0.2) is 33.7 Å². The normalized spacial score (nSPS) is 13.1. The first-order valence-corrected chi connectivity index (χ1v) is 19.3. The van der Waals surface area contributed by atoms with Crippen molar-refractivity contribution in [2.75, 3.05) is 0 Å². The first kappa shape index (κ1) is 37.2. The molecule has 1 N–H and O–H groups in total. The molecule has 0 saturated heterocycles. The highest BCUT2D eigenvalue weighted by Crippen LogP contribution is 2.45. The van der Waals surface area contributed by atoms with Gasteiger partial charge in [0, 0.05) is 28.0 Å². The van der Waals surface area contributed by atoms with Gasteiger partial charge in [-0.1, -0.05) is 12.1 Å². The molecule has 5 aromatic carbocycles. The number of hydrogen-bond acceptors (Lipinski definition) is 18. The van der Waals surface area contributed by atoms with Crippen LogP contribution >= 0.6 is 0 Å². The van der Waals surface area contributed by atoms with E-state index in [1.54, 1.807) is 0 Å². The Kier molecular flexibility index (Phi) is 9.65. The van der Waals surface area contributed by atoms with Gasteiger partial charge in [-0.05, 0) is 73.2 Å². The zero-order valence-corrected chi connectivity index (χ0v) is 28.6. The lowest BCUT2D eigenvalue weighted by Gasteiger charge is -2.18. The summed E-state index contributed by atoms with van der Waals surface area (Å²) in [6.07, 6.45) is -0.432. The second-order valence-electron chi connectivity index (χ2n) is 10.6. The maximum atomic E-state index is 12.3. The topological polar surface area (TPSA) is 316 Å². The lowest BCUT2D eigenvalue weighted by atomic mass is 9.99. The summed E-state index contributed by atoms with van der Waals surface area (Å²) < 4.78 is 142. The predicted octanol–water partition coefficient (Wildman–Crippen LogP) is 4.28. The van der Waals surface area contributed by atoms with E-state index < -0.39 is 94.5 Å². The molecule has 0 radical (unpaired) electrons. The van der Waals surface area contributed by atoms with Crippen molar-refractivity contribution in [1.29, 1.82) is 0 Å². The van der Waals surface area contributed by atoms with Gasteiger partial charge in [0.2, 0.25) is 0 Å². The van der Waals surface area contributed by atoms with Crippen LogP contribution in [0.2, 0.25) is 0 Å². The number of hydrogen-bond donors (Lipinski definition) is 1. The third kappa shape index (κ3) is 7.97. The van der Waals surface area contributed by atoms with Crippen LogP contribution in [0.1, 0.15) is 12.5 Å². The summed E-state index contributed by atoms with van der Waals surface area (Å²) >= 11 is 0. The van der Waals surface area contributed by atoms with Crippen LogP contribution in [-0.4, -0.2) is 62.8 Å². The molecule has 0 unspecified atom stereocenters. The fourth-order valence-electron chi connectivity index (χ4n) is 4.94. The summed E-state index contributed by atoms with van der Waals surface area (Å²) in [7, 11) is -20.7. The van der Waals surface area contributed by atoms with Gasteiger partial charge in [-0.3, -0.25) is 4.79 Å². The second kappa shape index (κ2) is 13.2. The van der Waals surface area contributed by atoms with Gasteiger partial charge >= 0.3 is 0 Å². The van der Waals surface area contributed by atoms with Crippen molar-refractivity contribution in [3.8, 4) is 5.75 Å². The molecule has 0 fully saturated rings. The standard InChI is InChI=1S/C29H22N4O14S4/c1-15(34)12-16-2-11-25(50(42,43)44)22-14-26(51(45,46)47)28(29(35)27(16)22)33-32-24-10-9-23(20-8-7-19(13-21(20)24)49(39,40)41)31-30-17-3-5-18(6-4-17)48(36,37)38/h2-11,13-14,35H,12H2,1H3,(H,36,37,38)(H,39,40,41)(H,42,43,44)(H,45,46,47)/p-4. The molecule has 5 rings (SSSR count). The number of fused-ring (bicyclic) bond motifs is 2. The van der Waals surface area contributed by atoms with Gasteiger partial charge in [0.15, 0.2) is 5.75 Å². The van der Waals surface area contributed by atoms with Crippen LogP contribution in [0.15, 0.2) is 113 Å². The molecule has 18 nitrogen and oxygen atoms in total. The van der Waals surface area contributed by atoms with Crippen molar-refractivity contribution < 1.29 is 61.8 Å². The smallest absolute Gasteiger partial charge is 0.152 e. The number of phenols is 1. The Labute approximate surface area is 288 Å². The first-order chi connectivity index (χ1) is 23.6. The fourth-order valence-corrected chi connectivity index (χ4v) is 7.21. The summed E-state index contributed by atoms with van der Waals surface area (Å²) in [4.78, 5) is 8.35. The maximum Gasteiger partial charge on any atom is 0.152 e. The molecule has 22 heteroatoms. The minimum atomic E-state index is -5.60. The van der Waals surface area contributed by atoms with Gasteiger partial charge in [0.1, 0.15) is 51.9 Å². The monoisotopic (exact) mass is 774 g/mol. The molecule has 0 saturated carbocycles. The highest BCUT2D eigenvalue weighted by atomic mass is 32.2. The number of nitrogens with zero attached hydrogens (tertiary/aromatic N) is 4. The maximum absolute atomic E-state index is 12.3. The number of carbonyl (C=O) groups excluding carboxylic acids is 1. The molecule has 0 bridgehead atoms. The summed E-state index contributed by atoms with van der Waals surface area (Å²) in [5.74, 6) is -1.63. The van der Waals surface area contributed by atoms with Crippen LogP contribution < -0.4 is 0 Å². The molecular formula is C29H18N4O14S4-4. The lowest BCUT2D eigenvalue weighted by molar-refractivity contribution is -0.116. The Bertz CT molecular complexity index is 2800. The minimum absolute atomic E-state index is 0.0240. The molecule has 0 amide bonds. The first-order valence-electron chi connectivity index (χ1n) is 13.7. The Balaban J connectivity index is 1.74. The molecule has 5 aromatic rings. The van der Waals surface area contributed by atoms with E-state index in [-0.39, 0.29) is 33.4 Å². The van der Waals surface area contributed by atoms with Crippen molar-refractivity contribution in [3.63, 3.8) is 0 Å². The van der Waals surface area contributed by atoms with Crippen LogP contribution in [0.4, 0.5) is 22.7 Å². The molecule has 266 valence electrons. The summed E-state index contributed by atoms with van der Waals surface area (Å²) in [6, 6.07) is 12.0. The van der Waals surface area contributed by atoms with Crippen LogP contribution in [-0.2, 0) is 51.7 Å². The second-order valence-corrected chi connectivity index (χ2v) is 16.1. The zero-order valence-electron chi connectivity index (χ0n) is 25.3. The molecule has 51 heavy (non-hydrogen) atoms. The van der Waals surface area contributed by atoms with E-state index >= 15 is 0 Å². The fraction of sp³-hybridized carbons (Fsp3) is 0.0690. The minimum Gasteiger partial charge on any atom is -0.744 e. The average Bonchev–Trinajstić information content (AvgIpc) is 3.01. The summed E-state index contributed by atoms with van der Waals surface area (Å²) in [6.45, 7) is 1.15. The number of rotatable bonds is 10. The van der Waals surface area contributed by atoms with Gasteiger partial charge in [0.25, 0.3) is 0 Å².